The van der Waals surface area contributed by atoms with Crippen LogP contribution >= 0.6 is 11.6 Å². The smallest absolute Gasteiger partial charge is 0.346 e. The van der Waals surface area contributed by atoms with Gasteiger partial charge in [0.15, 0.2) is 5.56 Å². The number of benzene rings is 2. The maximum Gasteiger partial charge on any atom is 0.346 e. The van der Waals surface area contributed by atoms with E-state index in [2.05, 4.69) is 10.5 Å². The lowest BCUT2D eigenvalue weighted by Gasteiger charge is -2.17. The molecule has 0 spiro atoms. The van der Waals surface area contributed by atoms with Gasteiger partial charge in [-0.2, -0.15) is 0 Å². The molecule has 0 radical (unpaired) electrons. The molecule has 1 saturated heterocycles. The zero-order valence-electron chi connectivity index (χ0n) is 18.5. The van der Waals surface area contributed by atoms with E-state index < -0.39 is 17.8 Å². The monoisotopic (exact) mass is 483 g/mol. The first kappa shape index (κ1) is 23.3. The molecule has 4 rings (SSSR count). The van der Waals surface area contributed by atoms with Crippen molar-refractivity contribution in [2.45, 2.75) is 13.3 Å². The van der Waals surface area contributed by atoms with Crippen LogP contribution < -0.4 is 15.0 Å². The minimum Gasteiger partial charge on any atom is -0.497 e. The number of rotatable bonds is 7. The summed E-state index contributed by atoms with van der Waals surface area (Å²) >= 11 is 5.95. The van der Waals surface area contributed by atoms with E-state index in [9.17, 15) is 14.4 Å². The number of anilines is 2. The van der Waals surface area contributed by atoms with Gasteiger partial charge in [-0.3, -0.25) is 14.9 Å². The lowest BCUT2D eigenvalue weighted by atomic mass is 10.1. The van der Waals surface area contributed by atoms with Gasteiger partial charge in [0.1, 0.15) is 11.4 Å². The molecule has 0 saturated carbocycles. The number of amides is 2. The molecule has 1 fully saturated rings. The normalized spacial score (nSPS) is 15.3. The molecule has 1 unspecified atom stereocenters. The molecule has 9 nitrogen and oxygen atoms in total. The first-order valence-electron chi connectivity index (χ1n) is 10.6. The summed E-state index contributed by atoms with van der Waals surface area (Å²) in [6.07, 6.45) is 0.0186. The number of carbonyl (C=O) groups excluding carboxylic acids is 3. The Labute approximate surface area is 200 Å². The van der Waals surface area contributed by atoms with E-state index >= 15 is 0 Å². The maximum atomic E-state index is 13.0. The Bertz CT molecular complexity index is 1210. The van der Waals surface area contributed by atoms with Crippen LogP contribution in [0.2, 0.25) is 5.02 Å². The van der Waals surface area contributed by atoms with E-state index in [4.69, 9.17) is 25.6 Å². The van der Waals surface area contributed by atoms with Crippen LogP contribution in [0, 0.1) is 5.92 Å². The largest absolute Gasteiger partial charge is 0.497 e. The van der Waals surface area contributed by atoms with Crippen molar-refractivity contribution in [3.05, 3.63) is 59.1 Å². The third kappa shape index (κ3) is 4.74. The number of nitrogens with one attached hydrogen (secondary N) is 1. The van der Waals surface area contributed by atoms with E-state index in [0.29, 0.717) is 22.0 Å². The Morgan fingerprint density at radius 3 is 2.53 bits per heavy atom. The number of halogens is 1. The second-order valence-electron chi connectivity index (χ2n) is 7.56. The van der Waals surface area contributed by atoms with Crippen molar-refractivity contribution in [1.29, 1.82) is 0 Å². The van der Waals surface area contributed by atoms with E-state index in [1.54, 1.807) is 62.6 Å². The number of methoxy groups -OCH3 is 1. The summed E-state index contributed by atoms with van der Waals surface area (Å²) < 4.78 is 15.6. The van der Waals surface area contributed by atoms with Crippen molar-refractivity contribution < 1.29 is 28.4 Å². The maximum absolute atomic E-state index is 13.0. The SMILES string of the molecule is CCOC(=O)c1c(-c2ccc(Cl)cc2)noc1NC(=O)C1CC(=O)N(c2ccc(OC)cc2)C1. The van der Waals surface area contributed by atoms with Gasteiger partial charge in [-0.15, -0.1) is 0 Å². The van der Waals surface area contributed by atoms with Crippen LogP contribution in [0.4, 0.5) is 11.6 Å². The van der Waals surface area contributed by atoms with Crippen molar-refractivity contribution in [2.24, 2.45) is 5.92 Å². The second-order valence-corrected chi connectivity index (χ2v) is 7.99. The molecule has 1 aliphatic heterocycles. The van der Waals surface area contributed by atoms with Crippen LogP contribution in [0.15, 0.2) is 53.1 Å². The van der Waals surface area contributed by atoms with Gasteiger partial charge in [-0.05, 0) is 43.3 Å². The molecule has 34 heavy (non-hydrogen) atoms. The standard InChI is InChI=1S/C24H22ClN3O6/c1-3-33-24(31)20-21(14-4-6-16(25)7-5-14)27-34-23(20)26-22(30)15-12-19(29)28(13-15)17-8-10-18(32-2)11-9-17/h4-11,15H,3,12-13H2,1-2H3,(H,26,30). The molecular formula is C24H22ClN3O6. The van der Waals surface area contributed by atoms with Gasteiger partial charge >= 0.3 is 5.97 Å². The third-order valence-electron chi connectivity index (χ3n) is 5.41. The van der Waals surface area contributed by atoms with Gasteiger partial charge in [0, 0.05) is 29.2 Å². The summed E-state index contributed by atoms with van der Waals surface area (Å²) in [5.74, 6) is -1.45. The molecule has 1 atom stereocenters. The van der Waals surface area contributed by atoms with Crippen LogP contribution in [-0.4, -0.2) is 43.2 Å². The Hall–Kier alpha value is -3.85. The summed E-state index contributed by atoms with van der Waals surface area (Å²) in [6, 6.07) is 13.7. The Kier molecular flexibility index (Phi) is 6.83. The van der Waals surface area contributed by atoms with E-state index in [1.807, 2.05) is 0 Å². The number of aromatic nitrogens is 1. The van der Waals surface area contributed by atoms with Crippen molar-refractivity contribution >= 4 is 41.0 Å². The number of nitrogens with zero attached hydrogens (tertiary/aromatic N) is 2. The summed E-state index contributed by atoms with van der Waals surface area (Å²) in [7, 11) is 1.56. The third-order valence-corrected chi connectivity index (χ3v) is 5.66. The van der Waals surface area contributed by atoms with Gasteiger partial charge in [0.2, 0.25) is 17.7 Å². The molecule has 2 heterocycles. The molecule has 1 N–H and O–H groups in total. The lowest BCUT2D eigenvalue weighted by Crippen LogP contribution is -2.28. The van der Waals surface area contributed by atoms with Crippen LogP contribution in [0.3, 0.4) is 0 Å². The van der Waals surface area contributed by atoms with Crippen LogP contribution in [0.5, 0.6) is 5.75 Å². The van der Waals surface area contributed by atoms with Gasteiger partial charge in [0.05, 0.1) is 19.6 Å². The zero-order valence-corrected chi connectivity index (χ0v) is 19.3. The predicted molar refractivity (Wildman–Crippen MR) is 125 cm³/mol. The lowest BCUT2D eigenvalue weighted by molar-refractivity contribution is -0.122. The summed E-state index contributed by atoms with van der Waals surface area (Å²) in [6.45, 7) is 1.98. The quantitative estimate of drug-likeness (QED) is 0.502. The molecule has 10 heteroatoms. The van der Waals surface area contributed by atoms with Crippen molar-refractivity contribution in [3.8, 4) is 17.0 Å². The average molecular weight is 484 g/mol. The van der Waals surface area contributed by atoms with E-state index in [0.717, 1.165) is 0 Å². The Morgan fingerprint density at radius 1 is 1.18 bits per heavy atom. The van der Waals surface area contributed by atoms with Crippen molar-refractivity contribution in [2.75, 3.05) is 30.5 Å². The van der Waals surface area contributed by atoms with Crippen molar-refractivity contribution in [3.63, 3.8) is 0 Å². The number of hydrogen-bond donors (Lipinski definition) is 1. The molecule has 2 amide bonds. The first-order valence-corrected chi connectivity index (χ1v) is 11.0. The zero-order chi connectivity index (χ0) is 24.2. The van der Waals surface area contributed by atoms with Crippen LogP contribution in [0.25, 0.3) is 11.3 Å². The molecule has 1 aliphatic rings. The van der Waals surface area contributed by atoms with E-state index in [1.165, 1.54) is 4.90 Å². The van der Waals surface area contributed by atoms with Gasteiger partial charge in [0.25, 0.3) is 0 Å². The van der Waals surface area contributed by atoms with Crippen LogP contribution in [0.1, 0.15) is 23.7 Å². The van der Waals surface area contributed by atoms with Gasteiger partial charge < -0.3 is 18.9 Å². The highest BCUT2D eigenvalue weighted by Crippen LogP contribution is 2.32. The first-order chi connectivity index (χ1) is 16.4. The highest BCUT2D eigenvalue weighted by atomic mass is 35.5. The number of carbonyl (C=O) groups is 3. The van der Waals surface area contributed by atoms with Gasteiger partial charge in [-0.25, -0.2) is 4.79 Å². The van der Waals surface area contributed by atoms with Crippen LogP contribution in [-0.2, 0) is 14.3 Å². The minimum absolute atomic E-state index is 0.00569. The molecule has 1 aromatic heterocycles. The number of hydrogen-bond acceptors (Lipinski definition) is 7. The fourth-order valence-electron chi connectivity index (χ4n) is 3.68. The molecule has 3 aromatic rings. The molecule has 2 aromatic carbocycles. The molecule has 176 valence electrons. The molecule has 0 bridgehead atoms. The average Bonchev–Trinajstić information content (AvgIpc) is 3.43. The van der Waals surface area contributed by atoms with Gasteiger partial charge in [-0.1, -0.05) is 28.9 Å². The highest BCUT2D eigenvalue weighted by molar-refractivity contribution is 6.30. The second kappa shape index (κ2) is 9.96. The minimum atomic E-state index is -0.689. The fourth-order valence-corrected chi connectivity index (χ4v) is 3.81. The summed E-state index contributed by atoms with van der Waals surface area (Å²) in [5.41, 5.74) is 1.44. The summed E-state index contributed by atoms with van der Waals surface area (Å²) in [4.78, 5) is 39.8. The Morgan fingerprint density at radius 2 is 1.88 bits per heavy atom. The fraction of sp³-hybridized carbons (Fsp3) is 0.250. The highest BCUT2D eigenvalue weighted by Gasteiger charge is 2.37. The Balaban J connectivity index is 1.55. The number of ether oxygens (including phenoxy) is 2. The predicted octanol–water partition coefficient (Wildman–Crippen LogP) is 4.17. The number of esters is 1. The molecular weight excluding hydrogens is 462 g/mol. The van der Waals surface area contributed by atoms with E-state index in [-0.39, 0.29) is 42.6 Å². The van der Waals surface area contributed by atoms with Crippen molar-refractivity contribution in [1.82, 2.24) is 5.16 Å². The topological polar surface area (TPSA) is 111 Å². The molecule has 0 aliphatic carbocycles. The summed E-state index contributed by atoms with van der Waals surface area (Å²) in [5, 5.41) is 7.10.